The molecule has 0 radical (unpaired) electrons. The predicted molar refractivity (Wildman–Crippen MR) is 525 cm³/mol. The van der Waals surface area contributed by atoms with Gasteiger partial charge in [0, 0.05) is 83.9 Å². The van der Waals surface area contributed by atoms with E-state index in [1.165, 1.54) is 71.3 Å². The van der Waals surface area contributed by atoms with E-state index in [0.717, 1.165) is 135 Å². The zero-order valence-corrected chi connectivity index (χ0v) is 72.9. The predicted octanol–water partition coefficient (Wildman–Crippen LogP) is 30.3. The van der Waals surface area contributed by atoms with Crippen LogP contribution in [0.15, 0.2) is 358 Å². The average molecular weight is 1580 g/mol. The van der Waals surface area contributed by atoms with Crippen molar-refractivity contribution in [3.05, 3.63) is 386 Å². The van der Waals surface area contributed by atoms with Crippen LogP contribution in [0.2, 0.25) is 0 Å². The van der Waals surface area contributed by atoms with Gasteiger partial charge in [-0.3, -0.25) is 0 Å². The highest BCUT2D eigenvalue weighted by Gasteiger charge is 2.46. The third-order valence-corrected chi connectivity index (χ3v) is 25.8. The highest BCUT2D eigenvalue weighted by atomic mass is 15.2. The summed E-state index contributed by atoms with van der Waals surface area (Å²) in [6, 6.07) is 137. The zero-order chi connectivity index (χ0) is 84.0. The Morgan fingerprint density at radius 3 is 1.10 bits per heavy atom. The number of anilines is 9. The number of hydrogen-bond donors (Lipinski definition) is 0. The van der Waals surface area contributed by atoms with E-state index in [9.17, 15) is 0 Å². The molecule has 0 bridgehead atoms. The summed E-state index contributed by atoms with van der Waals surface area (Å²) in [4.78, 5) is 7.83. The Morgan fingerprint density at radius 2 is 0.607 bits per heavy atom. The van der Waals surface area contributed by atoms with Crippen molar-refractivity contribution in [2.75, 3.05) is 14.7 Å². The Morgan fingerprint density at radius 1 is 0.221 bits per heavy atom. The van der Waals surface area contributed by atoms with E-state index in [4.69, 9.17) is 0 Å². The highest BCUT2D eigenvalue weighted by molar-refractivity contribution is 7.00. The molecule has 16 aromatic carbocycles. The van der Waals surface area contributed by atoms with Crippen LogP contribution in [0.1, 0.15) is 132 Å². The van der Waals surface area contributed by atoms with Gasteiger partial charge in [0.1, 0.15) is 0 Å². The monoisotopic (exact) mass is 1580 g/mol. The van der Waals surface area contributed by atoms with Crippen LogP contribution in [0.25, 0.3) is 111 Å². The lowest BCUT2D eigenvalue weighted by molar-refractivity contribution is 0.569. The Bertz CT molecular complexity index is 6860. The lowest BCUT2D eigenvalue weighted by Crippen LogP contribution is -2.61. The van der Waals surface area contributed by atoms with Crippen LogP contribution < -0.4 is 31.1 Å². The van der Waals surface area contributed by atoms with Gasteiger partial charge in [0.15, 0.2) is 0 Å². The maximum atomic E-state index is 2.75. The molecule has 2 aliphatic heterocycles. The maximum Gasteiger partial charge on any atom is 0.252 e. The standard InChI is InChI=1S/C116H104BN5/c1-112(2,3)83-51-57-103-97(67-83)98-68-84(113(4,5)6)52-58-104(98)120(103)93-73-108-110-109(74-93)122(111-95(77-40-26-18-27-41-77)69-87(116(13,14)15)70-96(111)78-42-28-19-29-43-78)107-72-91(119-102-49-35-34-48-94(102)99-71-90(54-59-105(99)119)118(88-44-30-20-31-45-88)89-46-32-21-33-47-89)53-56-101(107)117(110)100-55-50-79(82-61-85(114(7,8)9)66-86(62-82)115(10,11)12)65-106(100)121(108)92-63-80(75-36-22-16-23-37-75)60-81(64-92)76-38-24-17-25-39-76/h16-74H,1-15H3. The van der Waals surface area contributed by atoms with Gasteiger partial charge in [-0.25, -0.2) is 0 Å². The topological polar surface area (TPSA) is 19.6 Å². The van der Waals surface area contributed by atoms with Crippen molar-refractivity contribution < 1.29 is 0 Å². The largest absolute Gasteiger partial charge is 0.311 e. The van der Waals surface area contributed by atoms with Crippen molar-refractivity contribution >= 4 is 118 Å². The molecule has 0 N–H and O–H groups in total. The molecule has 0 unspecified atom stereocenters. The summed E-state index contributed by atoms with van der Waals surface area (Å²) in [6.45, 7) is 35.0. The molecule has 0 amide bonds. The Hall–Kier alpha value is -13.4. The second-order valence-corrected chi connectivity index (χ2v) is 39.1. The number of aromatic nitrogens is 2. The van der Waals surface area contributed by atoms with E-state index in [1.807, 2.05) is 0 Å². The molecule has 5 nitrogen and oxygen atoms in total. The van der Waals surface area contributed by atoms with Crippen LogP contribution in [-0.4, -0.2) is 15.8 Å². The van der Waals surface area contributed by atoms with Gasteiger partial charge in [0.2, 0.25) is 0 Å². The number of fused-ring (bicyclic) bond motifs is 10. The zero-order valence-electron chi connectivity index (χ0n) is 72.9. The van der Waals surface area contributed by atoms with Gasteiger partial charge in [-0.1, -0.05) is 328 Å². The van der Waals surface area contributed by atoms with Gasteiger partial charge in [-0.05, 0) is 249 Å². The third-order valence-electron chi connectivity index (χ3n) is 25.8. The molecule has 6 heteroatoms. The first-order valence-electron chi connectivity index (χ1n) is 43.5. The number of nitrogens with zero attached hydrogens (tertiary/aromatic N) is 5. The molecule has 0 atom stereocenters. The summed E-state index contributed by atoms with van der Waals surface area (Å²) in [6.07, 6.45) is 0. The van der Waals surface area contributed by atoms with Gasteiger partial charge in [0.25, 0.3) is 6.71 Å². The second kappa shape index (κ2) is 29.2. The lowest BCUT2D eigenvalue weighted by Gasteiger charge is -2.45. The molecular weight excluding hydrogens is 1470 g/mol. The molecule has 2 aromatic heterocycles. The van der Waals surface area contributed by atoms with E-state index in [2.05, 4.69) is 486 Å². The van der Waals surface area contributed by atoms with Crippen LogP contribution in [0.3, 0.4) is 0 Å². The van der Waals surface area contributed by atoms with Crippen molar-refractivity contribution in [2.24, 2.45) is 0 Å². The van der Waals surface area contributed by atoms with Gasteiger partial charge >= 0.3 is 0 Å². The van der Waals surface area contributed by atoms with Gasteiger partial charge in [-0.15, -0.1) is 0 Å². The minimum absolute atomic E-state index is 0.117. The smallest absolute Gasteiger partial charge is 0.252 e. The summed E-state index contributed by atoms with van der Waals surface area (Å²) < 4.78 is 5.16. The van der Waals surface area contributed by atoms with Crippen molar-refractivity contribution in [1.29, 1.82) is 0 Å². The fourth-order valence-corrected chi connectivity index (χ4v) is 19.1. The van der Waals surface area contributed by atoms with Crippen molar-refractivity contribution in [3.63, 3.8) is 0 Å². The highest BCUT2D eigenvalue weighted by Crippen LogP contribution is 2.55. The Balaban J connectivity index is 0.966. The fraction of sp³-hybridized carbons (Fsp3) is 0.172. The first-order valence-corrected chi connectivity index (χ1v) is 43.5. The molecule has 2 aliphatic rings. The lowest BCUT2D eigenvalue weighted by atomic mass is 9.33. The van der Waals surface area contributed by atoms with Crippen molar-refractivity contribution in [1.82, 2.24) is 9.13 Å². The minimum Gasteiger partial charge on any atom is -0.311 e. The Labute approximate surface area is 720 Å². The van der Waals surface area contributed by atoms with Crippen LogP contribution in [0.4, 0.5) is 51.2 Å². The fourth-order valence-electron chi connectivity index (χ4n) is 19.1. The molecule has 20 rings (SSSR count). The number of rotatable bonds is 12. The number of benzene rings is 16. The molecule has 0 spiro atoms. The normalized spacial score (nSPS) is 13.0. The quantitative estimate of drug-likeness (QED) is 0.114. The maximum absolute atomic E-state index is 2.75. The molecule has 0 saturated heterocycles. The van der Waals surface area contributed by atoms with Gasteiger partial charge in [0.05, 0.1) is 33.4 Å². The van der Waals surface area contributed by atoms with Crippen molar-refractivity contribution in [3.8, 4) is 67.0 Å². The minimum atomic E-state index is -0.301. The summed E-state index contributed by atoms with van der Waals surface area (Å²) in [5.41, 5.74) is 37.4. The SMILES string of the molecule is CC(C)(C)c1cc(-c2ccc3c(c2)N(c2cc(-c4ccccc4)cc(-c4ccccc4)c2)c2cc(-n4c5ccc(C(C)(C)C)cc5c5cc(C(C)(C)C)ccc54)cc4c2B3c2ccc(-n3c5ccccc5c5cc(N(c6ccccc6)c6ccccc6)ccc53)cc2N4c2c(-c3ccccc3)cc(C(C)(C)C)cc2-c2ccccc2)cc(C(C)(C)C)c1. The Kier molecular flexibility index (Phi) is 18.5. The second-order valence-electron chi connectivity index (χ2n) is 39.1. The van der Waals surface area contributed by atoms with E-state index >= 15 is 0 Å². The number of hydrogen-bond acceptors (Lipinski definition) is 3. The molecule has 596 valence electrons. The van der Waals surface area contributed by atoms with Crippen LogP contribution >= 0.6 is 0 Å². The molecule has 122 heavy (non-hydrogen) atoms. The summed E-state index contributed by atoms with van der Waals surface area (Å²) in [7, 11) is 0. The molecule has 4 heterocycles. The van der Waals surface area contributed by atoms with Crippen LogP contribution in [0.5, 0.6) is 0 Å². The molecule has 18 aromatic rings. The summed E-state index contributed by atoms with van der Waals surface area (Å²) >= 11 is 0. The molecule has 0 fully saturated rings. The molecule has 0 aliphatic carbocycles. The summed E-state index contributed by atoms with van der Waals surface area (Å²) in [5.74, 6) is 0. The molecular formula is C116H104BN5. The first kappa shape index (κ1) is 77.2. The molecule has 0 saturated carbocycles. The van der Waals surface area contributed by atoms with Crippen LogP contribution in [0, 0.1) is 0 Å². The third kappa shape index (κ3) is 13.5. The van der Waals surface area contributed by atoms with Gasteiger partial charge in [-0.2, -0.15) is 0 Å². The van der Waals surface area contributed by atoms with E-state index < -0.39 is 0 Å². The van der Waals surface area contributed by atoms with Gasteiger partial charge < -0.3 is 23.8 Å². The van der Waals surface area contributed by atoms with E-state index in [-0.39, 0.29) is 33.8 Å². The van der Waals surface area contributed by atoms with Crippen LogP contribution in [-0.2, 0) is 27.1 Å². The van der Waals surface area contributed by atoms with E-state index in [1.54, 1.807) is 0 Å². The van der Waals surface area contributed by atoms with E-state index in [0.29, 0.717) is 0 Å². The average Bonchev–Trinajstić information content (AvgIpc) is 0.836. The van der Waals surface area contributed by atoms with Crippen molar-refractivity contribution in [2.45, 2.75) is 131 Å². The number of para-hydroxylation sites is 3. The first-order chi connectivity index (χ1) is 58.7. The summed E-state index contributed by atoms with van der Waals surface area (Å²) in [5, 5.41) is 4.81.